The lowest BCUT2D eigenvalue weighted by Crippen LogP contribution is -2.26. The van der Waals surface area contributed by atoms with E-state index in [1.807, 2.05) is 24.3 Å². The lowest BCUT2D eigenvalue weighted by atomic mass is 10.1. The summed E-state index contributed by atoms with van der Waals surface area (Å²) in [6, 6.07) is 13.7. The molecule has 134 valence electrons. The molecular weight excluding hydrogens is 334 g/mol. The lowest BCUT2D eigenvalue weighted by molar-refractivity contribution is 0.0927. The summed E-state index contributed by atoms with van der Waals surface area (Å²) >= 11 is 0. The van der Waals surface area contributed by atoms with Crippen molar-refractivity contribution in [3.8, 4) is 11.5 Å². The summed E-state index contributed by atoms with van der Waals surface area (Å²) in [6.45, 7) is 0.422. The van der Waals surface area contributed by atoms with E-state index in [4.69, 9.17) is 13.9 Å². The number of rotatable bonds is 6. The van der Waals surface area contributed by atoms with Crippen LogP contribution in [0.25, 0.3) is 11.0 Å². The van der Waals surface area contributed by atoms with E-state index < -0.39 is 5.91 Å². The Morgan fingerprint density at radius 2 is 1.69 bits per heavy atom. The Balaban J connectivity index is 1.69. The van der Waals surface area contributed by atoms with Crippen LogP contribution < -0.4 is 20.2 Å². The third-order valence-corrected chi connectivity index (χ3v) is 4.02. The fraction of sp³-hybridized carbons (Fsp3) is 0.200. The van der Waals surface area contributed by atoms with Gasteiger partial charge in [0.2, 0.25) is 0 Å². The summed E-state index contributed by atoms with van der Waals surface area (Å²) in [5.41, 5.74) is 1.11. The van der Waals surface area contributed by atoms with Gasteiger partial charge in [-0.15, -0.1) is 0 Å². The van der Waals surface area contributed by atoms with E-state index in [2.05, 4.69) is 5.32 Å². The van der Waals surface area contributed by atoms with Crippen molar-refractivity contribution in [2.24, 2.45) is 0 Å². The molecule has 0 saturated carbocycles. The van der Waals surface area contributed by atoms with E-state index in [-0.39, 0.29) is 11.2 Å². The van der Waals surface area contributed by atoms with Gasteiger partial charge in [0.25, 0.3) is 5.91 Å². The quantitative estimate of drug-likeness (QED) is 0.737. The number of benzene rings is 2. The van der Waals surface area contributed by atoms with Gasteiger partial charge in [0.05, 0.1) is 19.6 Å². The molecule has 0 fully saturated rings. The third-order valence-electron chi connectivity index (χ3n) is 4.02. The molecule has 0 aliphatic heterocycles. The van der Waals surface area contributed by atoms with Crippen LogP contribution in [0.1, 0.15) is 16.1 Å². The van der Waals surface area contributed by atoms with Crippen LogP contribution in [0.5, 0.6) is 11.5 Å². The second-order valence-corrected chi connectivity index (χ2v) is 5.69. The Morgan fingerprint density at radius 1 is 1.00 bits per heavy atom. The Hall–Kier alpha value is -3.28. The summed E-state index contributed by atoms with van der Waals surface area (Å²) in [4.78, 5) is 24.5. The molecule has 1 N–H and O–H groups in total. The SMILES string of the molecule is COc1ccc(CCNC(=O)c2cc(=O)c3ccc(OC)cc3o2)cc1. The molecular formula is C20H19NO5. The maximum Gasteiger partial charge on any atom is 0.287 e. The van der Waals surface area contributed by atoms with Gasteiger partial charge in [-0.2, -0.15) is 0 Å². The molecule has 1 amide bonds. The van der Waals surface area contributed by atoms with Crippen molar-refractivity contribution in [2.75, 3.05) is 20.8 Å². The molecule has 1 aromatic heterocycles. The van der Waals surface area contributed by atoms with Crippen molar-refractivity contribution in [3.05, 3.63) is 70.1 Å². The first-order valence-corrected chi connectivity index (χ1v) is 8.14. The third kappa shape index (κ3) is 3.85. The van der Waals surface area contributed by atoms with Crippen molar-refractivity contribution in [1.29, 1.82) is 0 Å². The molecule has 6 heteroatoms. The first kappa shape index (κ1) is 17.5. The van der Waals surface area contributed by atoms with Crippen LogP contribution in [0.15, 0.2) is 57.7 Å². The molecule has 0 spiro atoms. The van der Waals surface area contributed by atoms with Crippen LogP contribution in [0.3, 0.4) is 0 Å². The van der Waals surface area contributed by atoms with Crippen molar-refractivity contribution < 1.29 is 18.7 Å². The molecule has 0 aliphatic carbocycles. The summed E-state index contributed by atoms with van der Waals surface area (Å²) in [5.74, 6) is 0.884. The average molecular weight is 353 g/mol. The minimum absolute atomic E-state index is 0.0227. The first-order valence-electron chi connectivity index (χ1n) is 8.14. The fourth-order valence-corrected chi connectivity index (χ4v) is 2.57. The zero-order valence-corrected chi connectivity index (χ0v) is 14.6. The van der Waals surface area contributed by atoms with Gasteiger partial charge in [-0.3, -0.25) is 9.59 Å². The molecule has 0 unspecified atom stereocenters. The van der Waals surface area contributed by atoms with Gasteiger partial charge in [0, 0.05) is 18.7 Å². The van der Waals surface area contributed by atoms with Gasteiger partial charge >= 0.3 is 0 Å². The molecule has 3 rings (SSSR count). The smallest absolute Gasteiger partial charge is 0.287 e. The van der Waals surface area contributed by atoms with Crippen LogP contribution in [0.4, 0.5) is 0 Å². The highest BCUT2D eigenvalue weighted by atomic mass is 16.5. The predicted molar refractivity (Wildman–Crippen MR) is 98.1 cm³/mol. The fourth-order valence-electron chi connectivity index (χ4n) is 2.57. The maximum atomic E-state index is 12.3. The van der Waals surface area contributed by atoms with Crippen LogP contribution in [0, 0.1) is 0 Å². The van der Waals surface area contributed by atoms with E-state index in [9.17, 15) is 9.59 Å². The van der Waals surface area contributed by atoms with Gasteiger partial charge in [0.1, 0.15) is 17.1 Å². The topological polar surface area (TPSA) is 77.8 Å². The molecule has 0 bridgehead atoms. The molecule has 1 heterocycles. The first-order chi connectivity index (χ1) is 12.6. The number of carbonyl (C=O) groups is 1. The summed E-state index contributed by atoms with van der Waals surface area (Å²) in [6.07, 6.45) is 0.654. The zero-order chi connectivity index (χ0) is 18.5. The number of methoxy groups -OCH3 is 2. The van der Waals surface area contributed by atoms with E-state index in [0.717, 1.165) is 11.3 Å². The normalized spacial score (nSPS) is 10.5. The van der Waals surface area contributed by atoms with E-state index in [1.165, 1.54) is 13.2 Å². The Kier molecular flexibility index (Phi) is 5.22. The van der Waals surface area contributed by atoms with Crippen LogP contribution in [-0.4, -0.2) is 26.7 Å². The summed E-state index contributed by atoms with van der Waals surface area (Å²) < 4.78 is 15.8. The zero-order valence-electron chi connectivity index (χ0n) is 14.6. The number of ether oxygens (including phenoxy) is 2. The molecule has 0 radical (unpaired) electrons. The van der Waals surface area contributed by atoms with Gasteiger partial charge in [-0.1, -0.05) is 12.1 Å². The summed E-state index contributed by atoms with van der Waals surface area (Å²) in [7, 11) is 3.14. The van der Waals surface area contributed by atoms with Crippen molar-refractivity contribution in [2.45, 2.75) is 6.42 Å². The monoisotopic (exact) mass is 353 g/mol. The van der Waals surface area contributed by atoms with Crippen LogP contribution in [-0.2, 0) is 6.42 Å². The van der Waals surface area contributed by atoms with Gasteiger partial charge in [0.15, 0.2) is 11.2 Å². The molecule has 0 saturated heterocycles. The molecule has 3 aromatic rings. The molecule has 6 nitrogen and oxygen atoms in total. The highest BCUT2D eigenvalue weighted by Gasteiger charge is 2.12. The predicted octanol–water partition coefficient (Wildman–Crippen LogP) is 2.78. The lowest BCUT2D eigenvalue weighted by Gasteiger charge is -2.07. The Bertz CT molecular complexity index is 976. The van der Waals surface area contributed by atoms with E-state index in [1.54, 1.807) is 25.3 Å². The second-order valence-electron chi connectivity index (χ2n) is 5.69. The van der Waals surface area contributed by atoms with Crippen molar-refractivity contribution >= 4 is 16.9 Å². The van der Waals surface area contributed by atoms with E-state index in [0.29, 0.717) is 29.7 Å². The average Bonchev–Trinajstić information content (AvgIpc) is 2.67. The largest absolute Gasteiger partial charge is 0.497 e. The Morgan fingerprint density at radius 3 is 2.38 bits per heavy atom. The number of carbonyl (C=O) groups excluding carboxylic acids is 1. The number of nitrogens with one attached hydrogen (secondary N) is 1. The highest BCUT2D eigenvalue weighted by molar-refractivity contribution is 5.93. The number of hydrogen-bond acceptors (Lipinski definition) is 5. The molecule has 2 aromatic carbocycles. The van der Waals surface area contributed by atoms with Gasteiger partial charge in [-0.25, -0.2) is 0 Å². The van der Waals surface area contributed by atoms with Crippen LogP contribution in [0.2, 0.25) is 0 Å². The molecule has 0 atom stereocenters. The van der Waals surface area contributed by atoms with Gasteiger partial charge in [-0.05, 0) is 36.2 Å². The standard InChI is InChI=1S/C20H19NO5/c1-24-14-5-3-13(4-6-14)9-10-21-20(23)19-12-17(22)16-8-7-15(25-2)11-18(16)26-19/h3-8,11-12H,9-10H2,1-2H3,(H,21,23). The second kappa shape index (κ2) is 7.74. The minimum atomic E-state index is -0.430. The minimum Gasteiger partial charge on any atom is -0.497 e. The summed E-state index contributed by atoms with van der Waals surface area (Å²) in [5, 5.41) is 3.17. The maximum absolute atomic E-state index is 12.3. The Labute approximate surface area is 150 Å². The van der Waals surface area contributed by atoms with Crippen molar-refractivity contribution in [1.82, 2.24) is 5.32 Å². The highest BCUT2D eigenvalue weighted by Crippen LogP contribution is 2.19. The van der Waals surface area contributed by atoms with Crippen molar-refractivity contribution in [3.63, 3.8) is 0 Å². The number of hydrogen-bond donors (Lipinski definition) is 1. The molecule has 0 aliphatic rings. The van der Waals surface area contributed by atoms with Gasteiger partial charge < -0.3 is 19.2 Å². The number of fused-ring (bicyclic) bond motifs is 1. The number of amides is 1. The molecule has 26 heavy (non-hydrogen) atoms. The van der Waals surface area contributed by atoms with Crippen LogP contribution >= 0.6 is 0 Å². The van der Waals surface area contributed by atoms with E-state index >= 15 is 0 Å².